The van der Waals surface area contributed by atoms with Crippen LogP contribution in [0.2, 0.25) is 0 Å². The van der Waals surface area contributed by atoms with Crippen LogP contribution in [-0.2, 0) is 17.8 Å². The predicted octanol–water partition coefficient (Wildman–Crippen LogP) is 1.38. The molecule has 120 valence electrons. The van der Waals surface area contributed by atoms with E-state index in [1.54, 1.807) is 0 Å². The molecule has 3 heterocycles. The zero-order valence-electron chi connectivity index (χ0n) is 13.0. The third-order valence-electron chi connectivity index (χ3n) is 4.54. The minimum absolute atomic E-state index is 0.0968. The van der Waals surface area contributed by atoms with Gasteiger partial charge in [-0.05, 0) is 12.1 Å². The third kappa shape index (κ3) is 2.70. The Kier molecular flexibility index (Phi) is 3.75. The zero-order chi connectivity index (χ0) is 15.6. The molecule has 1 fully saturated rings. The minimum Gasteiger partial charge on any atom is -0.378 e. The molecule has 0 N–H and O–H groups in total. The number of aromatic nitrogens is 2. The molecular weight excluding hydrogens is 292 g/mol. The lowest BCUT2D eigenvalue weighted by Gasteiger charge is -2.33. The largest absolute Gasteiger partial charge is 0.378 e. The van der Waals surface area contributed by atoms with Gasteiger partial charge in [0.25, 0.3) is 5.91 Å². The van der Waals surface area contributed by atoms with Crippen molar-refractivity contribution < 1.29 is 9.53 Å². The summed E-state index contributed by atoms with van der Waals surface area (Å²) in [6.45, 7) is 5.24. The summed E-state index contributed by atoms with van der Waals surface area (Å²) in [5.41, 5.74) is 2.88. The number of para-hydroxylation sites is 1. The number of carbonyl (C=O) groups is 1. The second-order valence-corrected chi connectivity index (χ2v) is 5.92. The number of anilines is 1. The Hall–Kier alpha value is -2.34. The van der Waals surface area contributed by atoms with Gasteiger partial charge in [-0.15, -0.1) is 0 Å². The second-order valence-electron chi connectivity index (χ2n) is 5.92. The normalized spacial score (nSPS) is 17.9. The van der Waals surface area contributed by atoms with Gasteiger partial charge in [0, 0.05) is 38.1 Å². The van der Waals surface area contributed by atoms with Crippen molar-refractivity contribution in [3.8, 4) is 0 Å². The molecule has 1 aromatic carbocycles. The van der Waals surface area contributed by atoms with Gasteiger partial charge in [-0.25, -0.2) is 4.98 Å². The van der Waals surface area contributed by atoms with Crippen molar-refractivity contribution >= 4 is 11.6 Å². The maximum atomic E-state index is 13.0. The first-order valence-electron chi connectivity index (χ1n) is 8.03. The number of nitrogens with zero attached hydrogens (tertiary/aromatic N) is 4. The monoisotopic (exact) mass is 312 g/mol. The molecule has 23 heavy (non-hydrogen) atoms. The maximum absolute atomic E-state index is 13.0. The number of carbonyl (C=O) groups excluding carboxylic acids is 1. The molecule has 2 aliphatic rings. The molecule has 0 radical (unpaired) electrons. The summed E-state index contributed by atoms with van der Waals surface area (Å²) in [5.74, 6) is 0.0968. The fourth-order valence-corrected chi connectivity index (χ4v) is 3.26. The number of morpholine rings is 1. The van der Waals surface area contributed by atoms with Crippen molar-refractivity contribution in [3.63, 3.8) is 0 Å². The maximum Gasteiger partial charge on any atom is 0.256 e. The Bertz CT molecular complexity index is 706. The molecule has 6 heteroatoms. The van der Waals surface area contributed by atoms with Gasteiger partial charge in [0.15, 0.2) is 0 Å². The summed E-state index contributed by atoms with van der Waals surface area (Å²) in [5, 5.41) is 0. The van der Waals surface area contributed by atoms with Crippen LogP contribution in [0.25, 0.3) is 0 Å². The molecule has 2 aliphatic heterocycles. The van der Waals surface area contributed by atoms with Crippen molar-refractivity contribution in [1.82, 2.24) is 14.5 Å². The predicted molar refractivity (Wildman–Crippen MR) is 86.4 cm³/mol. The second kappa shape index (κ2) is 6.04. The lowest BCUT2D eigenvalue weighted by Crippen LogP contribution is -2.40. The van der Waals surface area contributed by atoms with Crippen LogP contribution in [0.1, 0.15) is 16.1 Å². The average Bonchev–Trinajstić information content (AvgIpc) is 3.09. The van der Waals surface area contributed by atoms with Gasteiger partial charge in [-0.1, -0.05) is 12.1 Å². The van der Waals surface area contributed by atoms with Crippen LogP contribution >= 0.6 is 0 Å². The van der Waals surface area contributed by atoms with E-state index in [2.05, 4.69) is 14.5 Å². The Balaban J connectivity index is 1.59. The van der Waals surface area contributed by atoms with Gasteiger partial charge in [0.05, 0.1) is 37.3 Å². The molecular formula is C17H20N4O2. The average molecular weight is 312 g/mol. The van der Waals surface area contributed by atoms with Crippen molar-refractivity contribution in [1.29, 1.82) is 0 Å². The van der Waals surface area contributed by atoms with E-state index in [1.807, 2.05) is 41.7 Å². The number of ether oxygens (including phenoxy) is 1. The molecule has 4 rings (SSSR count). The van der Waals surface area contributed by atoms with Crippen LogP contribution in [0.5, 0.6) is 0 Å². The summed E-state index contributed by atoms with van der Waals surface area (Å²) < 4.78 is 7.53. The fourth-order valence-electron chi connectivity index (χ4n) is 3.26. The summed E-state index contributed by atoms with van der Waals surface area (Å²) in [4.78, 5) is 21.4. The zero-order valence-corrected chi connectivity index (χ0v) is 13.0. The number of hydrogen-bond acceptors (Lipinski definition) is 4. The first kappa shape index (κ1) is 14.3. The van der Waals surface area contributed by atoms with E-state index in [0.29, 0.717) is 19.8 Å². The lowest BCUT2D eigenvalue weighted by atomic mass is 10.1. The molecule has 2 aromatic rings. The highest BCUT2D eigenvalue weighted by Crippen LogP contribution is 2.24. The van der Waals surface area contributed by atoms with Crippen LogP contribution in [-0.4, -0.2) is 53.2 Å². The van der Waals surface area contributed by atoms with Crippen LogP contribution in [0.4, 0.5) is 5.69 Å². The number of benzene rings is 1. The van der Waals surface area contributed by atoms with Crippen LogP contribution < -0.4 is 4.90 Å². The van der Waals surface area contributed by atoms with Crippen molar-refractivity contribution in [3.05, 3.63) is 48.0 Å². The topological polar surface area (TPSA) is 50.6 Å². The summed E-state index contributed by atoms with van der Waals surface area (Å²) >= 11 is 0. The fraction of sp³-hybridized carbons (Fsp3) is 0.412. The Morgan fingerprint density at radius 2 is 1.91 bits per heavy atom. The highest BCUT2D eigenvalue weighted by Gasteiger charge is 2.25. The molecule has 1 amide bonds. The Morgan fingerprint density at radius 1 is 1.09 bits per heavy atom. The van der Waals surface area contributed by atoms with Crippen LogP contribution in [0, 0.1) is 0 Å². The van der Waals surface area contributed by atoms with E-state index >= 15 is 0 Å². The highest BCUT2D eigenvalue weighted by atomic mass is 16.5. The molecule has 0 bridgehead atoms. The van der Waals surface area contributed by atoms with E-state index in [9.17, 15) is 4.79 Å². The minimum atomic E-state index is 0.0968. The smallest absolute Gasteiger partial charge is 0.256 e. The van der Waals surface area contributed by atoms with Crippen molar-refractivity contribution in [2.75, 3.05) is 37.7 Å². The SMILES string of the molecule is O=C(c1ccccc1N1CCOCC1)N1CCn2cncc2C1. The molecule has 1 aromatic heterocycles. The molecule has 0 unspecified atom stereocenters. The number of hydrogen-bond donors (Lipinski definition) is 0. The molecule has 6 nitrogen and oxygen atoms in total. The number of imidazole rings is 1. The standard InChI is InChI=1S/C17H20N4O2/c22-17(20-5-6-21-13-18-11-14(21)12-20)15-3-1-2-4-16(15)19-7-9-23-10-8-19/h1-4,11,13H,5-10,12H2. The van der Waals surface area contributed by atoms with E-state index in [4.69, 9.17) is 4.74 Å². The Morgan fingerprint density at radius 3 is 2.78 bits per heavy atom. The number of amides is 1. The van der Waals surface area contributed by atoms with Gasteiger partial charge in [-0.2, -0.15) is 0 Å². The lowest BCUT2D eigenvalue weighted by molar-refractivity contribution is 0.0710. The van der Waals surface area contributed by atoms with Crippen molar-refractivity contribution in [2.45, 2.75) is 13.1 Å². The number of fused-ring (bicyclic) bond motifs is 1. The van der Waals surface area contributed by atoms with Gasteiger partial charge >= 0.3 is 0 Å². The Labute approximate surface area is 135 Å². The molecule has 0 atom stereocenters. The molecule has 0 spiro atoms. The first-order chi connectivity index (χ1) is 11.3. The van der Waals surface area contributed by atoms with E-state index in [-0.39, 0.29) is 5.91 Å². The molecule has 0 saturated carbocycles. The van der Waals surface area contributed by atoms with E-state index < -0.39 is 0 Å². The van der Waals surface area contributed by atoms with E-state index in [1.165, 1.54) is 0 Å². The van der Waals surface area contributed by atoms with E-state index in [0.717, 1.165) is 43.1 Å². The van der Waals surface area contributed by atoms with Gasteiger partial charge in [-0.3, -0.25) is 4.79 Å². The summed E-state index contributed by atoms with van der Waals surface area (Å²) in [6.07, 6.45) is 3.67. The summed E-state index contributed by atoms with van der Waals surface area (Å²) in [6, 6.07) is 7.89. The van der Waals surface area contributed by atoms with Crippen molar-refractivity contribution in [2.24, 2.45) is 0 Å². The third-order valence-corrected chi connectivity index (χ3v) is 4.54. The van der Waals surface area contributed by atoms with Gasteiger partial charge in [0.1, 0.15) is 0 Å². The first-order valence-corrected chi connectivity index (χ1v) is 8.03. The highest BCUT2D eigenvalue weighted by molar-refractivity contribution is 5.99. The molecule has 0 aliphatic carbocycles. The quantitative estimate of drug-likeness (QED) is 0.840. The van der Waals surface area contributed by atoms with Gasteiger partial charge in [0.2, 0.25) is 0 Å². The molecule has 1 saturated heterocycles. The summed E-state index contributed by atoms with van der Waals surface area (Å²) in [7, 11) is 0. The van der Waals surface area contributed by atoms with Gasteiger partial charge < -0.3 is 19.1 Å². The number of rotatable bonds is 2. The van der Waals surface area contributed by atoms with Crippen LogP contribution in [0.3, 0.4) is 0 Å². The van der Waals surface area contributed by atoms with Crippen LogP contribution in [0.15, 0.2) is 36.8 Å².